The number of amides is 1. The summed E-state index contributed by atoms with van der Waals surface area (Å²) < 4.78 is 19.0. The van der Waals surface area contributed by atoms with Crippen molar-refractivity contribution in [1.82, 2.24) is 5.32 Å². The van der Waals surface area contributed by atoms with Crippen molar-refractivity contribution in [2.24, 2.45) is 0 Å². The van der Waals surface area contributed by atoms with Crippen molar-refractivity contribution in [1.29, 1.82) is 0 Å². The van der Waals surface area contributed by atoms with Gasteiger partial charge in [-0.3, -0.25) is 14.9 Å². The van der Waals surface area contributed by atoms with E-state index in [-0.39, 0.29) is 23.6 Å². The average molecular weight is 373 g/mol. The zero-order valence-electron chi connectivity index (χ0n) is 14.9. The Labute approximate surface area is 155 Å². The van der Waals surface area contributed by atoms with Crippen LogP contribution in [0.4, 0.5) is 15.8 Å². The topological polar surface area (TPSA) is 84.7 Å². The van der Waals surface area contributed by atoms with Gasteiger partial charge in [-0.05, 0) is 30.2 Å². The predicted molar refractivity (Wildman–Crippen MR) is 98.4 cm³/mol. The molecule has 142 valence electrons. The number of hydrogen-bond acceptors (Lipinski definition) is 5. The number of anilines is 1. The second kappa shape index (κ2) is 8.13. The maximum atomic E-state index is 13.7. The fraction of sp³-hybridized carbons (Fsp3) is 0.316. The first-order chi connectivity index (χ1) is 13.0. The quantitative estimate of drug-likeness (QED) is 0.644. The first-order valence-corrected chi connectivity index (χ1v) is 8.60. The SMILES string of the molecule is Cc1ccc(CNC(=O)c2cc([N+](=O)[O-])ccc2N2CCOCC2)cc1F. The Morgan fingerprint density at radius 2 is 2.00 bits per heavy atom. The molecule has 2 aromatic carbocycles. The number of non-ortho nitro benzene ring substituents is 1. The van der Waals surface area contributed by atoms with Gasteiger partial charge in [0, 0.05) is 31.8 Å². The maximum absolute atomic E-state index is 13.7. The van der Waals surface area contributed by atoms with Gasteiger partial charge in [-0.15, -0.1) is 0 Å². The van der Waals surface area contributed by atoms with Crippen LogP contribution in [0.2, 0.25) is 0 Å². The average Bonchev–Trinajstić information content (AvgIpc) is 2.68. The monoisotopic (exact) mass is 373 g/mol. The normalized spacial score (nSPS) is 14.1. The molecule has 0 aliphatic carbocycles. The molecule has 1 N–H and O–H groups in total. The molecule has 0 aromatic heterocycles. The van der Waals surface area contributed by atoms with Gasteiger partial charge in [0.05, 0.1) is 29.4 Å². The van der Waals surface area contributed by atoms with Crippen LogP contribution in [0.1, 0.15) is 21.5 Å². The third kappa shape index (κ3) is 4.40. The summed E-state index contributed by atoms with van der Waals surface area (Å²) in [5.74, 6) is -0.785. The lowest BCUT2D eigenvalue weighted by Crippen LogP contribution is -2.38. The van der Waals surface area contributed by atoms with Gasteiger partial charge in [0.25, 0.3) is 11.6 Å². The number of hydrogen-bond donors (Lipinski definition) is 1. The molecule has 1 heterocycles. The lowest BCUT2D eigenvalue weighted by atomic mass is 10.1. The number of aryl methyl sites for hydroxylation is 1. The number of nitrogens with one attached hydrogen (secondary N) is 1. The molecule has 0 radical (unpaired) electrons. The molecule has 0 bridgehead atoms. The highest BCUT2D eigenvalue weighted by atomic mass is 19.1. The number of nitrogens with zero attached hydrogens (tertiary/aromatic N) is 2. The summed E-state index contributed by atoms with van der Waals surface area (Å²) in [5.41, 5.74) is 1.83. The van der Waals surface area contributed by atoms with E-state index >= 15 is 0 Å². The molecule has 0 atom stereocenters. The van der Waals surface area contributed by atoms with Crippen molar-refractivity contribution >= 4 is 17.3 Å². The molecule has 0 unspecified atom stereocenters. The van der Waals surface area contributed by atoms with Crippen LogP contribution in [0, 0.1) is 22.9 Å². The highest BCUT2D eigenvalue weighted by Gasteiger charge is 2.22. The van der Waals surface area contributed by atoms with E-state index in [9.17, 15) is 19.3 Å². The molecule has 27 heavy (non-hydrogen) atoms. The summed E-state index contributed by atoms with van der Waals surface area (Å²) in [6.07, 6.45) is 0. The lowest BCUT2D eigenvalue weighted by molar-refractivity contribution is -0.384. The first kappa shape index (κ1) is 18.8. The zero-order valence-corrected chi connectivity index (χ0v) is 14.9. The molecule has 7 nitrogen and oxygen atoms in total. The summed E-state index contributed by atoms with van der Waals surface area (Å²) in [7, 11) is 0. The number of ether oxygens (including phenoxy) is 1. The van der Waals surface area contributed by atoms with Crippen molar-refractivity contribution in [2.75, 3.05) is 31.2 Å². The first-order valence-electron chi connectivity index (χ1n) is 8.60. The van der Waals surface area contributed by atoms with Crippen LogP contribution in [-0.2, 0) is 11.3 Å². The van der Waals surface area contributed by atoms with Crippen LogP contribution >= 0.6 is 0 Å². The number of carbonyl (C=O) groups excluding carboxylic acids is 1. The standard InChI is InChI=1S/C19H20FN3O4/c1-13-2-3-14(10-17(13)20)12-21-19(24)16-11-15(23(25)26)4-5-18(16)22-6-8-27-9-7-22/h2-5,10-11H,6-9,12H2,1H3,(H,21,24). The molecule has 1 fully saturated rings. The molecule has 3 rings (SSSR count). The molecule has 2 aromatic rings. The third-order valence-corrected chi connectivity index (χ3v) is 4.48. The van der Waals surface area contributed by atoms with Crippen molar-refractivity contribution in [3.8, 4) is 0 Å². The van der Waals surface area contributed by atoms with Crippen molar-refractivity contribution in [2.45, 2.75) is 13.5 Å². The summed E-state index contributed by atoms with van der Waals surface area (Å²) in [4.78, 5) is 25.3. The second-order valence-electron chi connectivity index (χ2n) is 6.32. The highest BCUT2D eigenvalue weighted by Crippen LogP contribution is 2.26. The van der Waals surface area contributed by atoms with Gasteiger partial charge in [0.15, 0.2) is 0 Å². The number of benzene rings is 2. The molecule has 0 saturated carbocycles. The van der Waals surface area contributed by atoms with E-state index in [1.807, 2.05) is 4.90 Å². The van der Waals surface area contributed by atoms with E-state index in [2.05, 4.69) is 5.32 Å². The maximum Gasteiger partial charge on any atom is 0.270 e. The minimum atomic E-state index is -0.533. The number of halogens is 1. The Morgan fingerprint density at radius 1 is 1.26 bits per heavy atom. The smallest absolute Gasteiger partial charge is 0.270 e. The van der Waals surface area contributed by atoms with Crippen LogP contribution in [0.3, 0.4) is 0 Å². The Morgan fingerprint density at radius 3 is 2.67 bits per heavy atom. The van der Waals surface area contributed by atoms with Crippen LogP contribution in [0.5, 0.6) is 0 Å². The van der Waals surface area contributed by atoms with Gasteiger partial charge >= 0.3 is 0 Å². The minimum Gasteiger partial charge on any atom is -0.378 e. The fourth-order valence-corrected chi connectivity index (χ4v) is 2.92. The lowest BCUT2D eigenvalue weighted by Gasteiger charge is -2.30. The molecule has 8 heteroatoms. The number of morpholine rings is 1. The Kier molecular flexibility index (Phi) is 5.66. The molecule has 1 aliphatic heterocycles. The number of nitro groups is 1. The molecular weight excluding hydrogens is 353 g/mol. The van der Waals surface area contributed by atoms with Crippen LogP contribution in [-0.4, -0.2) is 37.1 Å². The van der Waals surface area contributed by atoms with Crippen LogP contribution in [0.15, 0.2) is 36.4 Å². The Balaban J connectivity index is 1.83. The number of nitro benzene ring substituents is 1. The predicted octanol–water partition coefficient (Wildman–Crippen LogP) is 2.81. The van der Waals surface area contributed by atoms with E-state index in [0.717, 1.165) is 0 Å². The molecule has 1 amide bonds. The Hall–Kier alpha value is -3.00. The van der Waals surface area contributed by atoms with E-state index in [0.29, 0.717) is 43.1 Å². The zero-order chi connectivity index (χ0) is 19.4. The van der Waals surface area contributed by atoms with E-state index in [1.54, 1.807) is 25.1 Å². The van der Waals surface area contributed by atoms with Crippen LogP contribution < -0.4 is 10.2 Å². The van der Waals surface area contributed by atoms with Gasteiger partial charge in [0.1, 0.15) is 5.82 Å². The fourth-order valence-electron chi connectivity index (χ4n) is 2.92. The molecule has 1 saturated heterocycles. The van der Waals surface area contributed by atoms with Gasteiger partial charge in [0.2, 0.25) is 0 Å². The van der Waals surface area contributed by atoms with Crippen molar-refractivity contribution in [3.63, 3.8) is 0 Å². The highest BCUT2D eigenvalue weighted by molar-refractivity contribution is 6.00. The summed E-state index contributed by atoms with van der Waals surface area (Å²) >= 11 is 0. The summed E-state index contributed by atoms with van der Waals surface area (Å²) in [6.45, 7) is 4.04. The number of carbonyl (C=O) groups is 1. The van der Waals surface area contributed by atoms with Crippen molar-refractivity contribution in [3.05, 3.63) is 69.0 Å². The molecule has 0 spiro atoms. The molecule has 1 aliphatic rings. The summed E-state index contributed by atoms with van der Waals surface area (Å²) in [6, 6.07) is 8.99. The van der Waals surface area contributed by atoms with Gasteiger partial charge in [-0.1, -0.05) is 12.1 Å². The Bertz CT molecular complexity index is 866. The van der Waals surface area contributed by atoms with Gasteiger partial charge in [-0.25, -0.2) is 4.39 Å². The minimum absolute atomic E-state index is 0.126. The summed E-state index contributed by atoms with van der Waals surface area (Å²) in [5, 5.41) is 13.8. The van der Waals surface area contributed by atoms with E-state index in [4.69, 9.17) is 4.74 Å². The largest absolute Gasteiger partial charge is 0.378 e. The van der Waals surface area contributed by atoms with Crippen molar-refractivity contribution < 1.29 is 18.8 Å². The number of rotatable bonds is 5. The molecular formula is C19H20FN3O4. The van der Waals surface area contributed by atoms with Gasteiger partial charge < -0.3 is 15.0 Å². The van der Waals surface area contributed by atoms with E-state index in [1.165, 1.54) is 18.2 Å². The van der Waals surface area contributed by atoms with Gasteiger partial charge in [-0.2, -0.15) is 0 Å². The van der Waals surface area contributed by atoms with Crippen LogP contribution in [0.25, 0.3) is 0 Å². The third-order valence-electron chi connectivity index (χ3n) is 4.48. The second-order valence-corrected chi connectivity index (χ2v) is 6.32. The van der Waals surface area contributed by atoms with E-state index < -0.39 is 10.8 Å².